The van der Waals surface area contributed by atoms with Gasteiger partial charge in [-0.1, -0.05) is 5.16 Å². The highest BCUT2D eigenvalue weighted by atomic mass is 16.5. The second-order valence-corrected chi connectivity index (χ2v) is 2.21. The normalized spacial score (nSPS) is 10.2. The lowest BCUT2D eigenvalue weighted by atomic mass is 10.4. The smallest absolute Gasteiger partial charge is 0.293 e. The van der Waals surface area contributed by atoms with Crippen molar-refractivity contribution in [3.05, 3.63) is 11.7 Å². The van der Waals surface area contributed by atoms with Crippen molar-refractivity contribution in [3.63, 3.8) is 0 Å². The maximum atomic E-state index is 10.7. The summed E-state index contributed by atoms with van der Waals surface area (Å²) >= 11 is 0. The largest absolute Gasteiger partial charge is 0.374 e. The van der Waals surface area contributed by atoms with Crippen LogP contribution < -0.4 is 0 Å². The van der Waals surface area contributed by atoms with Crippen molar-refractivity contribution in [1.82, 2.24) is 10.1 Å². The van der Waals surface area contributed by atoms with E-state index in [1.807, 2.05) is 6.92 Å². The fourth-order valence-corrected chi connectivity index (χ4v) is 0.649. The van der Waals surface area contributed by atoms with Crippen LogP contribution in [0.4, 0.5) is 0 Å². The summed E-state index contributed by atoms with van der Waals surface area (Å²) in [7, 11) is 0. The molecule has 5 nitrogen and oxygen atoms in total. The Morgan fingerprint density at radius 3 is 2.92 bits per heavy atom. The second kappa shape index (κ2) is 3.96. The fraction of sp³-hybridized carbons (Fsp3) is 0.571. The van der Waals surface area contributed by atoms with E-state index in [4.69, 9.17) is 4.74 Å². The first-order valence-corrected chi connectivity index (χ1v) is 3.65. The molecule has 66 valence electrons. The van der Waals surface area contributed by atoms with Gasteiger partial charge < -0.3 is 9.26 Å². The quantitative estimate of drug-likeness (QED) is 0.625. The minimum absolute atomic E-state index is 0.0321. The molecule has 0 amide bonds. The van der Waals surface area contributed by atoms with Gasteiger partial charge in [-0.25, -0.2) is 0 Å². The zero-order chi connectivity index (χ0) is 8.97. The molecule has 1 heterocycles. The van der Waals surface area contributed by atoms with Gasteiger partial charge in [-0.05, 0) is 6.92 Å². The average Bonchev–Trinajstić information content (AvgIpc) is 2.48. The number of carbonyl (C=O) groups is 1. The number of ether oxygens (including phenoxy) is 1. The van der Waals surface area contributed by atoms with Gasteiger partial charge in [0.1, 0.15) is 6.61 Å². The lowest BCUT2D eigenvalue weighted by molar-refractivity contribution is 0.0971. The van der Waals surface area contributed by atoms with Crippen LogP contribution in [0.3, 0.4) is 0 Å². The van der Waals surface area contributed by atoms with Crippen LogP contribution in [0.25, 0.3) is 0 Å². The van der Waals surface area contributed by atoms with Crippen LogP contribution in [0.1, 0.15) is 30.4 Å². The Balaban J connectivity index is 2.58. The van der Waals surface area contributed by atoms with Gasteiger partial charge in [-0.15, -0.1) is 0 Å². The van der Waals surface area contributed by atoms with E-state index in [1.54, 1.807) is 0 Å². The Kier molecular flexibility index (Phi) is 2.93. The summed E-state index contributed by atoms with van der Waals surface area (Å²) in [5, 5.41) is 3.54. The zero-order valence-corrected chi connectivity index (χ0v) is 7.03. The molecule has 5 heteroatoms. The molecule has 1 aromatic heterocycles. The van der Waals surface area contributed by atoms with Gasteiger partial charge in [-0.2, -0.15) is 4.98 Å². The van der Waals surface area contributed by atoms with E-state index < -0.39 is 0 Å². The van der Waals surface area contributed by atoms with Crippen LogP contribution >= 0.6 is 0 Å². The number of rotatable bonds is 4. The molecule has 0 spiro atoms. The minimum Gasteiger partial charge on any atom is -0.374 e. The first-order chi connectivity index (χ1) is 5.74. The molecule has 0 saturated carbocycles. The molecular formula is C7H10N2O3. The molecule has 0 fully saturated rings. The number of hydrogen-bond donors (Lipinski definition) is 0. The van der Waals surface area contributed by atoms with Crippen molar-refractivity contribution < 1.29 is 14.1 Å². The molecule has 0 N–H and O–H groups in total. The van der Waals surface area contributed by atoms with Crippen molar-refractivity contribution >= 4 is 5.78 Å². The molecule has 0 aliphatic carbocycles. The number of ketones is 1. The van der Waals surface area contributed by atoms with Gasteiger partial charge in [0.2, 0.25) is 5.78 Å². The van der Waals surface area contributed by atoms with Crippen molar-refractivity contribution in [1.29, 1.82) is 0 Å². The number of carbonyl (C=O) groups excluding carboxylic acids is 1. The standard InChI is InChI=1S/C7H10N2O3/c1-3-11-4-6-8-7(5(2)10)12-9-6/h3-4H2,1-2H3. The minimum atomic E-state index is -0.231. The summed E-state index contributed by atoms with van der Waals surface area (Å²) in [5.41, 5.74) is 0. The first kappa shape index (κ1) is 8.86. The van der Waals surface area contributed by atoms with E-state index in [0.29, 0.717) is 12.4 Å². The molecular weight excluding hydrogens is 160 g/mol. The molecule has 0 atom stereocenters. The monoisotopic (exact) mass is 170 g/mol. The molecule has 0 aromatic carbocycles. The van der Waals surface area contributed by atoms with Gasteiger partial charge in [-0.3, -0.25) is 4.79 Å². The molecule has 1 aromatic rings. The maximum Gasteiger partial charge on any atom is 0.293 e. The fourth-order valence-electron chi connectivity index (χ4n) is 0.649. The average molecular weight is 170 g/mol. The molecule has 1 rings (SSSR count). The lowest BCUT2D eigenvalue weighted by Gasteiger charge is -1.91. The van der Waals surface area contributed by atoms with Crippen molar-refractivity contribution in [2.24, 2.45) is 0 Å². The summed E-state index contributed by atoms with van der Waals surface area (Å²) in [6, 6.07) is 0. The van der Waals surface area contributed by atoms with Gasteiger partial charge in [0.05, 0.1) is 0 Å². The van der Waals surface area contributed by atoms with Crippen LogP contribution in [0, 0.1) is 0 Å². The highest BCUT2D eigenvalue weighted by molar-refractivity contribution is 5.89. The van der Waals surface area contributed by atoms with E-state index in [0.717, 1.165) is 0 Å². The Bertz CT molecular complexity index is 269. The van der Waals surface area contributed by atoms with Gasteiger partial charge in [0.15, 0.2) is 5.82 Å². The topological polar surface area (TPSA) is 65.2 Å². The van der Waals surface area contributed by atoms with Crippen molar-refractivity contribution in [2.75, 3.05) is 6.61 Å². The van der Waals surface area contributed by atoms with Crippen LogP contribution in [0.5, 0.6) is 0 Å². The van der Waals surface area contributed by atoms with Gasteiger partial charge in [0.25, 0.3) is 5.89 Å². The number of nitrogens with zero attached hydrogens (tertiary/aromatic N) is 2. The summed E-state index contributed by atoms with van der Waals surface area (Å²) < 4.78 is 9.65. The molecule has 0 saturated heterocycles. The summed E-state index contributed by atoms with van der Waals surface area (Å²) in [4.78, 5) is 14.5. The third-order valence-electron chi connectivity index (χ3n) is 1.20. The van der Waals surface area contributed by atoms with E-state index in [-0.39, 0.29) is 18.3 Å². The Morgan fingerprint density at radius 2 is 2.42 bits per heavy atom. The Hall–Kier alpha value is -1.23. The van der Waals surface area contributed by atoms with E-state index in [1.165, 1.54) is 6.92 Å². The van der Waals surface area contributed by atoms with Crippen molar-refractivity contribution in [2.45, 2.75) is 20.5 Å². The van der Waals surface area contributed by atoms with Gasteiger partial charge in [0, 0.05) is 13.5 Å². The molecule has 0 unspecified atom stereocenters. The highest BCUT2D eigenvalue weighted by Crippen LogP contribution is 1.99. The molecule has 12 heavy (non-hydrogen) atoms. The zero-order valence-electron chi connectivity index (χ0n) is 7.03. The first-order valence-electron chi connectivity index (χ1n) is 3.65. The summed E-state index contributed by atoms with van der Waals surface area (Å²) in [5.74, 6) is 0.206. The summed E-state index contributed by atoms with van der Waals surface area (Å²) in [6.07, 6.45) is 0. The highest BCUT2D eigenvalue weighted by Gasteiger charge is 2.09. The second-order valence-electron chi connectivity index (χ2n) is 2.21. The predicted molar refractivity (Wildman–Crippen MR) is 39.6 cm³/mol. The van der Waals surface area contributed by atoms with Crippen LogP contribution in [-0.2, 0) is 11.3 Å². The predicted octanol–water partition coefficient (Wildman–Crippen LogP) is 0.809. The van der Waals surface area contributed by atoms with E-state index in [2.05, 4.69) is 14.7 Å². The van der Waals surface area contributed by atoms with Gasteiger partial charge >= 0.3 is 0 Å². The molecule has 0 bridgehead atoms. The Labute approximate surface area is 69.7 Å². The number of Topliss-reactive ketones (excluding diaryl/α,β-unsaturated/α-hetero) is 1. The van der Waals surface area contributed by atoms with Crippen LogP contribution in [0.15, 0.2) is 4.52 Å². The molecule has 0 aliphatic rings. The third-order valence-corrected chi connectivity index (χ3v) is 1.20. The molecule has 0 aliphatic heterocycles. The number of hydrogen-bond acceptors (Lipinski definition) is 5. The van der Waals surface area contributed by atoms with Crippen molar-refractivity contribution in [3.8, 4) is 0 Å². The lowest BCUT2D eigenvalue weighted by Crippen LogP contribution is -1.96. The Morgan fingerprint density at radius 1 is 1.67 bits per heavy atom. The van der Waals surface area contributed by atoms with Crippen LogP contribution in [0.2, 0.25) is 0 Å². The third kappa shape index (κ3) is 2.13. The summed E-state index contributed by atoms with van der Waals surface area (Å²) in [6.45, 7) is 4.11. The van der Waals surface area contributed by atoms with E-state index >= 15 is 0 Å². The van der Waals surface area contributed by atoms with E-state index in [9.17, 15) is 4.79 Å². The number of aromatic nitrogens is 2. The SMILES string of the molecule is CCOCc1noc(C(C)=O)n1. The molecule has 0 radical (unpaired) electrons. The van der Waals surface area contributed by atoms with Crippen LogP contribution in [-0.4, -0.2) is 22.5 Å². The maximum absolute atomic E-state index is 10.7.